The van der Waals surface area contributed by atoms with E-state index in [1.807, 2.05) is 63.5 Å². The Morgan fingerprint density at radius 2 is 1.75 bits per heavy atom. The molecule has 1 unspecified atom stereocenters. The molecule has 11 heteroatoms. The normalized spacial score (nSPS) is 12.2. The average molecular weight is 477 g/mol. The largest absolute Gasteiger partial charge is 0.497 e. The molecule has 0 fully saturated rings. The number of nitrogens with one attached hydrogen (secondary N) is 1. The van der Waals surface area contributed by atoms with E-state index >= 15 is 0 Å². The summed E-state index contributed by atoms with van der Waals surface area (Å²) in [6, 6.07) is 7.49. The highest BCUT2D eigenvalue weighted by molar-refractivity contribution is 7.99. The van der Waals surface area contributed by atoms with E-state index in [-0.39, 0.29) is 29.7 Å². The zero-order valence-electron chi connectivity index (χ0n) is 19.0. The van der Waals surface area contributed by atoms with Gasteiger partial charge in [0.25, 0.3) is 0 Å². The molecule has 1 amide bonds. The Bertz CT molecular complexity index is 1030. The number of hydrogen-bond acceptors (Lipinski definition) is 9. The average Bonchev–Trinajstić information content (AvgIpc) is 3.40. The predicted molar refractivity (Wildman–Crippen MR) is 126 cm³/mol. The highest BCUT2D eigenvalue weighted by atomic mass is 32.2. The van der Waals surface area contributed by atoms with Gasteiger partial charge in [0.15, 0.2) is 17.1 Å². The minimum atomic E-state index is -0.322. The molecular formula is C21H28N6O3S2. The Morgan fingerprint density at radius 1 is 1.06 bits per heavy atom. The van der Waals surface area contributed by atoms with Gasteiger partial charge in [-0.05, 0) is 45.0 Å². The van der Waals surface area contributed by atoms with Crippen LogP contribution >= 0.6 is 23.1 Å². The first-order valence-electron chi connectivity index (χ1n) is 10.3. The summed E-state index contributed by atoms with van der Waals surface area (Å²) in [6.45, 7) is 10.1. The summed E-state index contributed by atoms with van der Waals surface area (Å²) in [5.41, 5.74) is 0. The van der Waals surface area contributed by atoms with Crippen molar-refractivity contribution in [3.8, 4) is 11.5 Å². The van der Waals surface area contributed by atoms with Gasteiger partial charge in [0.1, 0.15) is 16.5 Å². The minimum Gasteiger partial charge on any atom is -0.497 e. The molecule has 0 radical (unpaired) electrons. The van der Waals surface area contributed by atoms with Crippen molar-refractivity contribution in [2.45, 2.75) is 57.8 Å². The van der Waals surface area contributed by atoms with Gasteiger partial charge in [0.2, 0.25) is 11.0 Å². The van der Waals surface area contributed by atoms with Crippen LogP contribution in [0.15, 0.2) is 29.4 Å². The summed E-state index contributed by atoms with van der Waals surface area (Å²) in [5.74, 6) is 2.48. The lowest BCUT2D eigenvalue weighted by Crippen LogP contribution is -2.16. The molecule has 172 valence electrons. The van der Waals surface area contributed by atoms with Gasteiger partial charge in [-0.2, -0.15) is 0 Å². The monoisotopic (exact) mass is 476 g/mol. The number of carbonyl (C=O) groups is 1. The van der Waals surface area contributed by atoms with Crippen LogP contribution in [0.3, 0.4) is 0 Å². The lowest BCUT2D eigenvalue weighted by atomic mass is 10.2. The van der Waals surface area contributed by atoms with Crippen LogP contribution < -0.4 is 14.8 Å². The second-order valence-corrected chi connectivity index (χ2v) is 9.63. The molecule has 9 nitrogen and oxygen atoms in total. The second kappa shape index (κ2) is 10.8. The third kappa shape index (κ3) is 5.98. The van der Waals surface area contributed by atoms with Gasteiger partial charge in [0.05, 0.1) is 12.9 Å². The van der Waals surface area contributed by atoms with Crippen LogP contribution in [-0.4, -0.2) is 43.7 Å². The van der Waals surface area contributed by atoms with E-state index in [0.717, 1.165) is 10.8 Å². The second-order valence-electron chi connectivity index (χ2n) is 7.68. The summed E-state index contributed by atoms with van der Waals surface area (Å²) in [6.07, 6.45) is -0.322. The van der Waals surface area contributed by atoms with E-state index in [9.17, 15) is 4.79 Å². The quantitative estimate of drug-likeness (QED) is 0.420. The van der Waals surface area contributed by atoms with Crippen molar-refractivity contribution in [1.29, 1.82) is 0 Å². The molecule has 0 saturated heterocycles. The maximum atomic E-state index is 12.4. The van der Waals surface area contributed by atoms with Crippen LogP contribution in [0.5, 0.6) is 11.5 Å². The van der Waals surface area contributed by atoms with Crippen LogP contribution in [0.4, 0.5) is 5.13 Å². The number of ether oxygens (including phenoxy) is 2. The Hall–Kier alpha value is -2.66. The lowest BCUT2D eigenvalue weighted by Gasteiger charge is -2.19. The first-order chi connectivity index (χ1) is 15.3. The van der Waals surface area contributed by atoms with E-state index in [4.69, 9.17) is 9.47 Å². The zero-order valence-corrected chi connectivity index (χ0v) is 20.7. The molecule has 0 aliphatic carbocycles. The van der Waals surface area contributed by atoms with Crippen LogP contribution in [0, 0.1) is 0 Å². The SMILES string of the molecule is COc1ccc(OC(C)c2nnc(SCC(=O)Nc3nnc(C(C)C)s3)n2C(C)C)cc1. The van der Waals surface area contributed by atoms with E-state index in [1.54, 1.807) is 7.11 Å². The number of hydrogen-bond donors (Lipinski definition) is 1. The molecule has 0 aliphatic rings. The van der Waals surface area contributed by atoms with Crippen molar-refractivity contribution in [1.82, 2.24) is 25.0 Å². The van der Waals surface area contributed by atoms with E-state index in [1.165, 1.54) is 23.1 Å². The lowest BCUT2D eigenvalue weighted by molar-refractivity contribution is -0.113. The standard InChI is InChI=1S/C21H28N6O3S2/c1-12(2)19-24-25-20(32-19)22-17(28)11-31-21-26-23-18(27(21)13(3)4)14(5)30-16-9-7-15(29-6)8-10-16/h7-10,12-14H,11H2,1-6H3,(H,22,25,28). The first-order valence-corrected chi connectivity index (χ1v) is 12.1. The van der Waals surface area contributed by atoms with Crippen molar-refractivity contribution in [3.05, 3.63) is 35.1 Å². The Kier molecular flexibility index (Phi) is 8.08. The minimum absolute atomic E-state index is 0.101. The highest BCUT2D eigenvalue weighted by Crippen LogP contribution is 2.29. The van der Waals surface area contributed by atoms with Crippen LogP contribution in [0.1, 0.15) is 63.5 Å². The predicted octanol–water partition coefficient (Wildman–Crippen LogP) is 4.71. The van der Waals surface area contributed by atoms with Crippen molar-refractivity contribution in [2.24, 2.45) is 0 Å². The van der Waals surface area contributed by atoms with Crippen molar-refractivity contribution < 1.29 is 14.3 Å². The van der Waals surface area contributed by atoms with E-state index < -0.39 is 0 Å². The van der Waals surface area contributed by atoms with Crippen molar-refractivity contribution >= 4 is 34.1 Å². The molecular weight excluding hydrogens is 448 g/mol. The van der Waals surface area contributed by atoms with Gasteiger partial charge in [0, 0.05) is 12.0 Å². The Labute approximate surface area is 195 Å². The molecule has 1 N–H and O–H groups in total. The van der Waals surface area contributed by atoms with Crippen molar-refractivity contribution in [3.63, 3.8) is 0 Å². The number of aromatic nitrogens is 5. The summed E-state index contributed by atoms with van der Waals surface area (Å²) in [5, 5.41) is 21.6. The van der Waals surface area contributed by atoms with Gasteiger partial charge >= 0.3 is 0 Å². The maximum absolute atomic E-state index is 12.4. The van der Waals surface area contributed by atoms with Crippen molar-refractivity contribution in [2.75, 3.05) is 18.2 Å². The third-order valence-corrected chi connectivity index (χ3v) is 6.54. The number of nitrogens with zero attached hydrogens (tertiary/aromatic N) is 5. The first kappa shape index (κ1) is 24.0. The maximum Gasteiger partial charge on any atom is 0.236 e. The fourth-order valence-electron chi connectivity index (χ4n) is 2.86. The van der Waals surface area contributed by atoms with Crippen LogP contribution in [-0.2, 0) is 4.79 Å². The van der Waals surface area contributed by atoms with Gasteiger partial charge < -0.3 is 14.0 Å². The van der Waals surface area contributed by atoms with E-state index in [2.05, 4.69) is 25.7 Å². The van der Waals surface area contributed by atoms with E-state index in [0.29, 0.717) is 21.9 Å². The number of methoxy groups -OCH3 is 1. The topological polar surface area (TPSA) is 104 Å². The number of benzene rings is 1. The van der Waals surface area contributed by atoms with Crippen LogP contribution in [0.25, 0.3) is 0 Å². The zero-order chi connectivity index (χ0) is 23.3. The Morgan fingerprint density at radius 3 is 2.34 bits per heavy atom. The van der Waals surface area contributed by atoms with Gasteiger partial charge in [-0.3, -0.25) is 10.1 Å². The molecule has 1 aromatic carbocycles. The molecule has 0 aliphatic heterocycles. The summed E-state index contributed by atoms with van der Waals surface area (Å²) in [4.78, 5) is 12.4. The summed E-state index contributed by atoms with van der Waals surface area (Å²) < 4.78 is 13.2. The molecule has 3 aromatic rings. The Balaban J connectivity index is 1.64. The number of amides is 1. The fraction of sp³-hybridized carbons (Fsp3) is 0.476. The fourth-order valence-corrected chi connectivity index (χ4v) is 4.50. The molecule has 2 heterocycles. The summed E-state index contributed by atoms with van der Waals surface area (Å²) in [7, 11) is 1.62. The van der Waals surface area contributed by atoms with Gasteiger partial charge in [-0.15, -0.1) is 20.4 Å². The molecule has 1 atom stereocenters. The number of rotatable bonds is 10. The summed E-state index contributed by atoms with van der Waals surface area (Å²) >= 11 is 2.72. The van der Waals surface area contributed by atoms with Gasteiger partial charge in [-0.1, -0.05) is 36.9 Å². The van der Waals surface area contributed by atoms with Gasteiger partial charge in [-0.25, -0.2) is 0 Å². The smallest absolute Gasteiger partial charge is 0.236 e. The third-order valence-electron chi connectivity index (χ3n) is 4.46. The molecule has 32 heavy (non-hydrogen) atoms. The molecule has 0 spiro atoms. The highest BCUT2D eigenvalue weighted by Gasteiger charge is 2.22. The number of thioether (sulfide) groups is 1. The molecule has 0 bridgehead atoms. The molecule has 0 saturated carbocycles. The van der Waals surface area contributed by atoms with Crippen LogP contribution in [0.2, 0.25) is 0 Å². The molecule has 2 aromatic heterocycles. The number of carbonyl (C=O) groups excluding carboxylic acids is 1. The number of anilines is 1. The molecule has 3 rings (SSSR count).